The highest BCUT2D eigenvalue weighted by Gasteiger charge is 2.44. The molecule has 0 heterocycles. The first-order chi connectivity index (χ1) is 11.4. The monoisotopic (exact) mass is 337 g/mol. The van der Waals surface area contributed by atoms with Gasteiger partial charge in [0.1, 0.15) is 13.2 Å². The van der Waals surface area contributed by atoms with E-state index in [0.717, 1.165) is 12.5 Å². The van der Waals surface area contributed by atoms with Gasteiger partial charge in [-0.25, -0.2) is 4.79 Å². The molecule has 0 unspecified atom stereocenters. The molecule has 2 bridgehead atoms. The third-order valence-electron chi connectivity index (χ3n) is 5.03. The van der Waals surface area contributed by atoms with Crippen LogP contribution >= 0.6 is 0 Å². The molecule has 134 valence electrons. The number of fused-ring (bicyclic) bond motifs is 2. The van der Waals surface area contributed by atoms with Gasteiger partial charge in [-0.1, -0.05) is 6.58 Å². The van der Waals surface area contributed by atoms with Crippen LogP contribution in [-0.2, 0) is 23.9 Å². The molecule has 1 amide bonds. The SMILES string of the molecule is C=C(C)C(=O)OCCOC(=O)CCC(=O)NCC12CCC(CC1)C2. The van der Waals surface area contributed by atoms with E-state index in [1.54, 1.807) is 6.92 Å². The van der Waals surface area contributed by atoms with Crippen molar-refractivity contribution in [3.8, 4) is 0 Å². The van der Waals surface area contributed by atoms with Crippen LogP contribution < -0.4 is 5.32 Å². The number of amides is 1. The number of carbonyl (C=O) groups is 3. The number of rotatable bonds is 9. The molecule has 0 spiro atoms. The van der Waals surface area contributed by atoms with Gasteiger partial charge in [-0.15, -0.1) is 0 Å². The Kier molecular flexibility index (Phi) is 6.40. The molecule has 2 aliphatic rings. The molecule has 2 fully saturated rings. The van der Waals surface area contributed by atoms with Crippen molar-refractivity contribution in [3.63, 3.8) is 0 Å². The highest BCUT2D eigenvalue weighted by atomic mass is 16.6. The summed E-state index contributed by atoms with van der Waals surface area (Å²) in [6, 6.07) is 0. The van der Waals surface area contributed by atoms with Crippen LogP contribution in [0.25, 0.3) is 0 Å². The van der Waals surface area contributed by atoms with Crippen LogP contribution in [0.4, 0.5) is 0 Å². The van der Waals surface area contributed by atoms with Crippen molar-refractivity contribution in [2.24, 2.45) is 11.3 Å². The standard InChI is InChI=1S/C18H27NO5/c1-13(2)17(22)24-10-9-23-16(21)4-3-15(20)19-12-18-7-5-14(11-18)6-8-18/h14H,1,3-12H2,2H3,(H,19,20). The van der Waals surface area contributed by atoms with Gasteiger partial charge in [-0.3, -0.25) is 9.59 Å². The van der Waals surface area contributed by atoms with E-state index < -0.39 is 11.9 Å². The molecular weight excluding hydrogens is 310 g/mol. The molecule has 24 heavy (non-hydrogen) atoms. The molecule has 6 heteroatoms. The second-order valence-corrected chi connectivity index (χ2v) is 7.06. The lowest BCUT2D eigenvalue weighted by Gasteiger charge is -2.26. The zero-order chi connectivity index (χ0) is 17.6. The zero-order valence-electron chi connectivity index (χ0n) is 14.4. The summed E-state index contributed by atoms with van der Waals surface area (Å²) >= 11 is 0. The lowest BCUT2D eigenvalue weighted by Crippen LogP contribution is -2.35. The third-order valence-corrected chi connectivity index (χ3v) is 5.03. The average Bonchev–Trinajstić information content (AvgIpc) is 3.16. The molecule has 0 radical (unpaired) electrons. The quantitative estimate of drug-likeness (QED) is 0.396. The number of hydrogen-bond acceptors (Lipinski definition) is 5. The van der Waals surface area contributed by atoms with Crippen LogP contribution in [0.5, 0.6) is 0 Å². The minimum Gasteiger partial charge on any atom is -0.462 e. The fraction of sp³-hybridized carbons (Fsp3) is 0.722. The first-order valence-corrected chi connectivity index (χ1v) is 8.65. The van der Waals surface area contributed by atoms with E-state index in [1.807, 2.05) is 0 Å². The molecular formula is C18H27NO5. The Morgan fingerprint density at radius 2 is 1.79 bits per heavy atom. The van der Waals surface area contributed by atoms with Gasteiger partial charge < -0.3 is 14.8 Å². The highest BCUT2D eigenvalue weighted by Crippen LogP contribution is 2.53. The summed E-state index contributed by atoms with van der Waals surface area (Å²) in [4.78, 5) is 34.5. The van der Waals surface area contributed by atoms with Gasteiger partial charge in [0.25, 0.3) is 0 Å². The molecule has 0 atom stereocenters. The third kappa shape index (κ3) is 5.35. The van der Waals surface area contributed by atoms with Crippen molar-refractivity contribution in [1.82, 2.24) is 5.32 Å². The molecule has 0 aromatic carbocycles. The van der Waals surface area contributed by atoms with Crippen molar-refractivity contribution in [1.29, 1.82) is 0 Å². The van der Waals surface area contributed by atoms with E-state index >= 15 is 0 Å². The number of esters is 2. The summed E-state index contributed by atoms with van der Waals surface area (Å²) in [6.45, 7) is 5.71. The Labute approximate surface area is 143 Å². The van der Waals surface area contributed by atoms with Crippen LogP contribution in [0.1, 0.15) is 51.9 Å². The van der Waals surface area contributed by atoms with E-state index in [2.05, 4.69) is 11.9 Å². The summed E-state index contributed by atoms with van der Waals surface area (Å²) < 4.78 is 9.73. The average molecular weight is 337 g/mol. The summed E-state index contributed by atoms with van der Waals surface area (Å²) in [5.74, 6) is -0.219. The van der Waals surface area contributed by atoms with E-state index in [0.29, 0.717) is 11.0 Å². The molecule has 1 N–H and O–H groups in total. The molecule has 0 saturated heterocycles. The number of ether oxygens (including phenoxy) is 2. The second-order valence-electron chi connectivity index (χ2n) is 7.06. The van der Waals surface area contributed by atoms with Gasteiger partial charge >= 0.3 is 11.9 Å². The second kappa shape index (κ2) is 8.31. The molecule has 2 rings (SSSR count). The molecule has 2 aliphatic carbocycles. The fourth-order valence-corrected chi connectivity index (χ4v) is 3.63. The summed E-state index contributed by atoms with van der Waals surface area (Å²) in [6.07, 6.45) is 6.40. The Morgan fingerprint density at radius 1 is 1.12 bits per heavy atom. The smallest absolute Gasteiger partial charge is 0.333 e. The molecule has 0 aromatic rings. The maximum atomic E-state index is 11.9. The van der Waals surface area contributed by atoms with Gasteiger partial charge in [0, 0.05) is 18.5 Å². The number of nitrogens with one attached hydrogen (secondary N) is 1. The summed E-state index contributed by atoms with van der Waals surface area (Å²) in [5.41, 5.74) is 0.613. The maximum Gasteiger partial charge on any atom is 0.333 e. The van der Waals surface area contributed by atoms with Gasteiger partial charge in [0.2, 0.25) is 5.91 Å². The van der Waals surface area contributed by atoms with Crippen LogP contribution in [0.15, 0.2) is 12.2 Å². The molecule has 2 saturated carbocycles. The Bertz CT molecular complexity index is 506. The van der Waals surface area contributed by atoms with E-state index in [-0.39, 0.29) is 32.0 Å². The first-order valence-electron chi connectivity index (χ1n) is 8.65. The Hall–Kier alpha value is -1.85. The Morgan fingerprint density at radius 3 is 2.38 bits per heavy atom. The zero-order valence-corrected chi connectivity index (χ0v) is 14.4. The minimum atomic E-state index is -0.508. The highest BCUT2D eigenvalue weighted by molar-refractivity contribution is 5.86. The van der Waals surface area contributed by atoms with Gasteiger partial charge in [0.05, 0.1) is 6.42 Å². The normalized spacial score (nSPS) is 24.5. The fourth-order valence-electron chi connectivity index (χ4n) is 3.63. The van der Waals surface area contributed by atoms with Crippen molar-refractivity contribution in [3.05, 3.63) is 12.2 Å². The largest absolute Gasteiger partial charge is 0.462 e. The first kappa shape index (κ1) is 18.5. The number of hydrogen-bond donors (Lipinski definition) is 1. The summed E-state index contributed by atoms with van der Waals surface area (Å²) in [7, 11) is 0. The van der Waals surface area contributed by atoms with Gasteiger partial charge in [0.15, 0.2) is 0 Å². The van der Waals surface area contributed by atoms with Gasteiger partial charge in [-0.2, -0.15) is 0 Å². The van der Waals surface area contributed by atoms with E-state index in [9.17, 15) is 14.4 Å². The molecule has 0 aromatic heterocycles. The lowest BCUT2D eigenvalue weighted by molar-refractivity contribution is -0.150. The predicted octanol–water partition coefficient (Wildman–Crippen LogP) is 2.13. The lowest BCUT2D eigenvalue weighted by atomic mass is 9.84. The van der Waals surface area contributed by atoms with Crippen molar-refractivity contribution >= 4 is 17.8 Å². The van der Waals surface area contributed by atoms with Gasteiger partial charge in [-0.05, 0) is 50.4 Å². The van der Waals surface area contributed by atoms with E-state index in [4.69, 9.17) is 9.47 Å². The minimum absolute atomic E-state index is 0.00663. The predicted molar refractivity (Wildman–Crippen MR) is 88.0 cm³/mol. The van der Waals surface area contributed by atoms with Crippen LogP contribution in [-0.4, -0.2) is 37.6 Å². The van der Waals surface area contributed by atoms with E-state index in [1.165, 1.54) is 32.1 Å². The molecule has 6 nitrogen and oxygen atoms in total. The van der Waals surface area contributed by atoms with Crippen molar-refractivity contribution in [2.75, 3.05) is 19.8 Å². The topological polar surface area (TPSA) is 81.7 Å². The number of carbonyl (C=O) groups excluding carboxylic acids is 3. The summed E-state index contributed by atoms with van der Waals surface area (Å²) in [5, 5.41) is 2.97. The van der Waals surface area contributed by atoms with Crippen molar-refractivity contribution in [2.45, 2.75) is 51.9 Å². The maximum absolute atomic E-state index is 11.9. The van der Waals surface area contributed by atoms with Crippen LogP contribution in [0, 0.1) is 11.3 Å². The van der Waals surface area contributed by atoms with Crippen LogP contribution in [0.2, 0.25) is 0 Å². The van der Waals surface area contributed by atoms with Crippen molar-refractivity contribution < 1.29 is 23.9 Å². The van der Waals surface area contributed by atoms with Crippen LogP contribution in [0.3, 0.4) is 0 Å². The Balaban J connectivity index is 1.52. The molecule has 0 aliphatic heterocycles.